The highest BCUT2D eigenvalue weighted by Crippen LogP contribution is 2.27. The van der Waals surface area contributed by atoms with Gasteiger partial charge in [0, 0.05) is 38.8 Å². The Kier molecular flexibility index (Phi) is 6.07. The maximum Gasteiger partial charge on any atom is 0.288 e. The van der Waals surface area contributed by atoms with Crippen LogP contribution in [0.4, 0.5) is 5.69 Å². The minimum absolute atomic E-state index is 0.201. The van der Waals surface area contributed by atoms with E-state index in [9.17, 15) is 28.9 Å². The summed E-state index contributed by atoms with van der Waals surface area (Å²) in [5.74, 6) is 0. The first-order valence-electron chi connectivity index (χ1n) is 7.89. The smallest absolute Gasteiger partial charge is 0.288 e. The van der Waals surface area contributed by atoms with Crippen LogP contribution in [0, 0.1) is 21.4 Å². The fraction of sp³-hybridized carbons (Fsp3) is 0.533. The molecule has 1 aromatic rings. The molecule has 1 aromatic carbocycles. The number of rotatable bonds is 6. The van der Waals surface area contributed by atoms with Gasteiger partial charge in [0.05, 0.1) is 11.0 Å². The van der Waals surface area contributed by atoms with Crippen molar-refractivity contribution in [3.05, 3.63) is 33.9 Å². The molecule has 0 aromatic heterocycles. The number of sulfonamides is 1. The number of β-amino-alcohol motifs (C(OH)–C–C–N with tert-alkyl or cyclic N) is 1. The molecule has 1 atom stereocenters. The first-order chi connectivity index (χ1) is 11.8. The van der Waals surface area contributed by atoms with Crippen molar-refractivity contribution in [3.63, 3.8) is 0 Å². The van der Waals surface area contributed by atoms with Gasteiger partial charge in [0.15, 0.2) is 0 Å². The van der Waals surface area contributed by atoms with Gasteiger partial charge in [-0.1, -0.05) is 13.0 Å². The van der Waals surface area contributed by atoms with Gasteiger partial charge in [-0.2, -0.15) is 9.57 Å². The van der Waals surface area contributed by atoms with Crippen molar-refractivity contribution in [2.75, 3.05) is 32.7 Å². The third-order valence-corrected chi connectivity index (χ3v) is 6.14. The first-order valence-corrected chi connectivity index (χ1v) is 9.33. The van der Waals surface area contributed by atoms with Crippen LogP contribution in [-0.4, -0.2) is 66.5 Å². The predicted octanol–water partition coefficient (Wildman–Crippen LogP) is 0.544. The minimum Gasteiger partial charge on any atom is -0.392 e. The molecule has 0 amide bonds. The van der Waals surface area contributed by atoms with Gasteiger partial charge in [0.2, 0.25) is 10.0 Å². The summed E-state index contributed by atoms with van der Waals surface area (Å²) >= 11 is 0. The average Bonchev–Trinajstić information content (AvgIpc) is 2.61. The summed E-state index contributed by atoms with van der Waals surface area (Å²) in [6.07, 6.45) is 0.169. The molecule has 0 radical (unpaired) electrons. The van der Waals surface area contributed by atoms with E-state index in [-0.39, 0.29) is 18.0 Å². The van der Waals surface area contributed by atoms with E-state index in [2.05, 4.69) is 0 Å². The SMILES string of the molecule is CC[C@@H](O)CN1CCN(S(=O)(=O)c2cccc([N+](=O)[O-])c2C#N)CC1. The number of piperazine rings is 1. The molecule has 25 heavy (non-hydrogen) atoms. The Bertz CT molecular complexity index is 782. The van der Waals surface area contributed by atoms with Crippen LogP contribution in [0.25, 0.3) is 0 Å². The molecule has 1 saturated heterocycles. The topological polar surface area (TPSA) is 128 Å². The largest absolute Gasteiger partial charge is 0.392 e. The zero-order chi connectivity index (χ0) is 18.6. The average molecular weight is 368 g/mol. The summed E-state index contributed by atoms with van der Waals surface area (Å²) < 4.78 is 26.8. The third kappa shape index (κ3) is 4.13. The first kappa shape index (κ1) is 19.3. The molecule has 1 aliphatic rings. The van der Waals surface area contributed by atoms with E-state index in [1.54, 1.807) is 6.07 Å². The molecule has 1 aliphatic heterocycles. The van der Waals surface area contributed by atoms with E-state index in [0.717, 1.165) is 6.07 Å². The number of benzene rings is 1. The van der Waals surface area contributed by atoms with Crippen LogP contribution in [0.3, 0.4) is 0 Å². The fourth-order valence-electron chi connectivity index (χ4n) is 2.72. The van der Waals surface area contributed by atoms with E-state index < -0.39 is 32.3 Å². The molecular weight excluding hydrogens is 348 g/mol. The Labute approximate surface area is 146 Å². The summed E-state index contributed by atoms with van der Waals surface area (Å²) in [4.78, 5) is 11.9. The lowest BCUT2D eigenvalue weighted by atomic mass is 10.2. The summed E-state index contributed by atoms with van der Waals surface area (Å²) in [7, 11) is -4.00. The van der Waals surface area contributed by atoms with E-state index in [4.69, 9.17) is 0 Å². The van der Waals surface area contributed by atoms with Gasteiger partial charge >= 0.3 is 0 Å². The van der Waals surface area contributed by atoms with Crippen molar-refractivity contribution in [3.8, 4) is 6.07 Å². The van der Waals surface area contributed by atoms with E-state index in [1.165, 1.54) is 16.4 Å². The van der Waals surface area contributed by atoms with Crippen LogP contribution < -0.4 is 0 Å². The number of aliphatic hydroxyl groups is 1. The third-order valence-electron chi connectivity index (χ3n) is 4.20. The van der Waals surface area contributed by atoms with Crippen molar-refractivity contribution in [2.24, 2.45) is 0 Å². The van der Waals surface area contributed by atoms with Crippen LogP contribution in [0.1, 0.15) is 18.9 Å². The van der Waals surface area contributed by atoms with Crippen molar-refractivity contribution in [2.45, 2.75) is 24.3 Å². The molecule has 136 valence electrons. The van der Waals surface area contributed by atoms with Gasteiger partial charge in [-0.3, -0.25) is 15.0 Å². The molecule has 10 heteroatoms. The number of nitrogens with zero attached hydrogens (tertiary/aromatic N) is 4. The Hall–Kier alpha value is -2.06. The molecule has 0 spiro atoms. The number of nitriles is 1. The summed E-state index contributed by atoms with van der Waals surface area (Å²) in [6.45, 7) is 3.65. The zero-order valence-corrected chi connectivity index (χ0v) is 14.6. The molecule has 0 saturated carbocycles. The summed E-state index contributed by atoms with van der Waals surface area (Å²) in [5, 5.41) is 29.9. The van der Waals surface area contributed by atoms with Gasteiger partial charge in [0.1, 0.15) is 16.5 Å². The number of hydrogen-bond donors (Lipinski definition) is 1. The van der Waals surface area contributed by atoms with E-state index >= 15 is 0 Å². The molecule has 2 rings (SSSR count). The molecule has 1 fully saturated rings. The van der Waals surface area contributed by atoms with Gasteiger partial charge < -0.3 is 5.11 Å². The highest BCUT2D eigenvalue weighted by molar-refractivity contribution is 7.89. The van der Waals surface area contributed by atoms with E-state index in [1.807, 2.05) is 11.8 Å². The van der Waals surface area contributed by atoms with Crippen LogP contribution in [-0.2, 0) is 10.0 Å². The van der Waals surface area contributed by atoms with Crippen molar-refractivity contribution < 1.29 is 18.4 Å². The molecular formula is C15H20N4O5S. The molecule has 0 unspecified atom stereocenters. The van der Waals surface area contributed by atoms with Crippen molar-refractivity contribution >= 4 is 15.7 Å². The number of nitro groups is 1. The normalized spacial score (nSPS) is 17.8. The molecule has 0 bridgehead atoms. The molecule has 1 N–H and O–H groups in total. The van der Waals surface area contributed by atoms with Gasteiger partial charge in [0.25, 0.3) is 5.69 Å². The maximum atomic E-state index is 12.8. The van der Waals surface area contributed by atoms with Gasteiger partial charge in [-0.15, -0.1) is 0 Å². The predicted molar refractivity (Wildman–Crippen MR) is 89.3 cm³/mol. The summed E-state index contributed by atoms with van der Waals surface area (Å²) in [6, 6.07) is 5.23. The number of nitro benzene ring substituents is 1. The second-order valence-corrected chi connectivity index (χ2v) is 7.69. The van der Waals surface area contributed by atoms with Crippen molar-refractivity contribution in [1.29, 1.82) is 5.26 Å². The highest BCUT2D eigenvalue weighted by atomic mass is 32.2. The Balaban J connectivity index is 2.23. The lowest BCUT2D eigenvalue weighted by Crippen LogP contribution is -2.50. The number of hydrogen-bond acceptors (Lipinski definition) is 7. The lowest BCUT2D eigenvalue weighted by Gasteiger charge is -2.34. The standard InChI is InChI=1S/C15H20N4O5S/c1-2-12(20)11-17-6-8-18(9-7-17)25(23,24)15-5-3-4-14(19(21)22)13(15)10-16/h3-5,12,20H,2,6-9,11H2,1H3/t12-/m1/s1. The van der Waals surface area contributed by atoms with Crippen LogP contribution in [0.15, 0.2) is 23.1 Å². The number of aliphatic hydroxyl groups excluding tert-OH is 1. The van der Waals surface area contributed by atoms with Crippen molar-refractivity contribution in [1.82, 2.24) is 9.21 Å². The second-order valence-electron chi connectivity index (χ2n) is 5.79. The van der Waals surface area contributed by atoms with Crippen LogP contribution in [0.2, 0.25) is 0 Å². The van der Waals surface area contributed by atoms with Crippen LogP contribution in [0.5, 0.6) is 0 Å². The zero-order valence-electron chi connectivity index (χ0n) is 13.8. The van der Waals surface area contributed by atoms with Gasteiger partial charge in [-0.25, -0.2) is 8.42 Å². The Morgan fingerprint density at radius 1 is 1.36 bits per heavy atom. The monoisotopic (exact) mass is 368 g/mol. The summed E-state index contributed by atoms with van der Waals surface area (Å²) in [5.41, 5.74) is -0.968. The molecule has 9 nitrogen and oxygen atoms in total. The van der Waals surface area contributed by atoms with E-state index in [0.29, 0.717) is 26.1 Å². The minimum atomic E-state index is -4.00. The highest BCUT2D eigenvalue weighted by Gasteiger charge is 2.33. The maximum absolute atomic E-state index is 12.8. The molecule has 1 heterocycles. The second kappa shape index (κ2) is 7.88. The molecule has 0 aliphatic carbocycles. The Morgan fingerprint density at radius 2 is 2.00 bits per heavy atom. The fourth-order valence-corrected chi connectivity index (χ4v) is 4.30. The Morgan fingerprint density at radius 3 is 2.52 bits per heavy atom. The quantitative estimate of drug-likeness (QED) is 0.573. The lowest BCUT2D eigenvalue weighted by molar-refractivity contribution is -0.385. The van der Waals surface area contributed by atoms with Crippen LogP contribution >= 0.6 is 0 Å². The van der Waals surface area contributed by atoms with Gasteiger partial charge in [-0.05, 0) is 12.5 Å².